The fraction of sp³-hybridized carbons (Fsp3) is 0.394. The van der Waals surface area contributed by atoms with Crippen molar-refractivity contribution < 1.29 is 24.5 Å². The highest BCUT2D eigenvalue weighted by atomic mass is 35.5. The van der Waals surface area contributed by atoms with E-state index in [1.165, 1.54) is 12.7 Å². The van der Waals surface area contributed by atoms with Gasteiger partial charge in [0.15, 0.2) is 0 Å². The third-order valence-corrected chi connectivity index (χ3v) is 8.38. The second kappa shape index (κ2) is 14.0. The van der Waals surface area contributed by atoms with Crippen LogP contribution in [0.2, 0.25) is 5.02 Å². The molecule has 0 bridgehead atoms. The van der Waals surface area contributed by atoms with Crippen LogP contribution in [0, 0.1) is 5.92 Å². The second-order valence-electron chi connectivity index (χ2n) is 10.6. The number of ether oxygens (including phenoxy) is 1. The topological polar surface area (TPSA) is 99.1 Å². The lowest BCUT2D eigenvalue weighted by atomic mass is 9.72. The summed E-state index contributed by atoms with van der Waals surface area (Å²) in [5, 5.41) is 25.3. The van der Waals surface area contributed by atoms with Gasteiger partial charge in [0.25, 0.3) is 5.91 Å². The molecule has 1 heterocycles. The molecular weight excluding hydrogens is 540 g/mol. The van der Waals surface area contributed by atoms with Crippen molar-refractivity contribution in [1.29, 1.82) is 0 Å². The third kappa shape index (κ3) is 7.10. The number of aryl methyl sites for hydroxylation is 1. The molecule has 0 aliphatic carbocycles. The molecule has 0 saturated carbocycles. The quantitative estimate of drug-likeness (QED) is 0.259. The van der Waals surface area contributed by atoms with Crippen LogP contribution in [0.15, 0.2) is 66.7 Å². The summed E-state index contributed by atoms with van der Waals surface area (Å²) < 4.78 is 4.71. The van der Waals surface area contributed by atoms with Crippen molar-refractivity contribution in [1.82, 2.24) is 10.2 Å². The first-order chi connectivity index (χ1) is 19.8. The normalized spacial score (nSPS) is 16.6. The number of amides is 2. The SMILES string of the molecule is CCc1cccc(-c2c(Cl)cccc2[C@](O)(CCCNC(=O)OC)[C@@H]2CCCN(C(=O)c3ccc(CO)cc3)C2)c1. The maximum atomic E-state index is 13.5. The number of alkyl carbamates (subject to hydrolysis) is 1. The highest BCUT2D eigenvalue weighted by Gasteiger charge is 2.43. The molecule has 7 nitrogen and oxygen atoms in total. The van der Waals surface area contributed by atoms with Gasteiger partial charge in [-0.2, -0.15) is 0 Å². The van der Waals surface area contributed by atoms with Gasteiger partial charge in [-0.15, -0.1) is 0 Å². The van der Waals surface area contributed by atoms with Crippen LogP contribution < -0.4 is 5.32 Å². The Morgan fingerprint density at radius 1 is 1.10 bits per heavy atom. The number of carbonyl (C=O) groups excluding carboxylic acids is 2. The fourth-order valence-corrected chi connectivity index (χ4v) is 6.07. The number of carbonyl (C=O) groups is 2. The number of rotatable bonds is 10. The Morgan fingerprint density at radius 2 is 1.85 bits per heavy atom. The monoisotopic (exact) mass is 578 g/mol. The number of likely N-dealkylation sites (tertiary alicyclic amines) is 1. The van der Waals surface area contributed by atoms with Gasteiger partial charge in [0, 0.05) is 41.7 Å². The van der Waals surface area contributed by atoms with E-state index in [2.05, 4.69) is 24.4 Å². The number of nitrogens with one attached hydrogen (secondary N) is 1. The van der Waals surface area contributed by atoms with Gasteiger partial charge < -0.3 is 25.2 Å². The highest BCUT2D eigenvalue weighted by Crippen LogP contribution is 2.45. The summed E-state index contributed by atoms with van der Waals surface area (Å²) in [4.78, 5) is 27.0. The predicted molar refractivity (Wildman–Crippen MR) is 161 cm³/mol. The summed E-state index contributed by atoms with van der Waals surface area (Å²) in [5.74, 6) is -0.363. The van der Waals surface area contributed by atoms with Gasteiger partial charge in [-0.25, -0.2) is 4.79 Å². The van der Waals surface area contributed by atoms with Crippen LogP contribution >= 0.6 is 11.6 Å². The minimum Gasteiger partial charge on any atom is -0.453 e. The Morgan fingerprint density at radius 3 is 2.56 bits per heavy atom. The standard InChI is InChI=1S/C33H39ClN2O5/c1-3-23-8-4-9-26(20-23)30-28(11-5-12-29(30)34)33(40,17-7-18-35-32(39)41-2)27-10-6-19-36(21-27)31(38)25-15-13-24(22-37)14-16-25/h4-5,8-9,11-16,20,27,37,40H,3,6-7,10,17-19,21-22H2,1-2H3,(H,35,39)/t27-,33+/m1/s1. The number of methoxy groups -OCH3 is 1. The molecule has 0 spiro atoms. The first-order valence-corrected chi connectivity index (χ1v) is 14.6. The van der Waals surface area contributed by atoms with E-state index in [0.29, 0.717) is 43.1 Å². The number of piperidine rings is 1. The summed E-state index contributed by atoms with van der Waals surface area (Å²) in [6.45, 7) is 3.33. The van der Waals surface area contributed by atoms with Gasteiger partial charge in [-0.3, -0.25) is 4.79 Å². The number of aliphatic hydroxyl groups excluding tert-OH is 1. The molecule has 0 aromatic heterocycles. The molecule has 1 aliphatic heterocycles. The molecule has 2 atom stereocenters. The predicted octanol–water partition coefficient (Wildman–Crippen LogP) is 5.94. The van der Waals surface area contributed by atoms with Crippen molar-refractivity contribution in [2.24, 2.45) is 5.92 Å². The summed E-state index contributed by atoms with van der Waals surface area (Å²) >= 11 is 6.84. The molecule has 2 amide bonds. The number of benzene rings is 3. The summed E-state index contributed by atoms with van der Waals surface area (Å²) in [7, 11) is 1.32. The molecule has 218 valence electrons. The third-order valence-electron chi connectivity index (χ3n) is 8.06. The van der Waals surface area contributed by atoms with Crippen LogP contribution in [0.25, 0.3) is 11.1 Å². The number of nitrogens with zero attached hydrogens (tertiary/aromatic N) is 1. The van der Waals surface area contributed by atoms with Crippen molar-refractivity contribution >= 4 is 23.6 Å². The van der Waals surface area contributed by atoms with E-state index in [-0.39, 0.29) is 18.4 Å². The Bertz CT molecular complexity index is 1350. The summed E-state index contributed by atoms with van der Waals surface area (Å²) in [6, 6.07) is 20.8. The zero-order chi connectivity index (χ0) is 29.4. The molecule has 3 aromatic rings. The Balaban J connectivity index is 1.70. The molecule has 3 aromatic carbocycles. The van der Waals surface area contributed by atoms with Gasteiger partial charge in [-0.1, -0.05) is 67.1 Å². The van der Waals surface area contributed by atoms with Crippen LogP contribution in [-0.2, 0) is 23.4 Å². The maximum Gasteiger partial charge on any atom is 0.406 e. The van der Waals surface area contributed by atoms with Crippen LogP contribution in [0.4, 0.5) is 4.79 Å². The average Bonchev–Trinajstić information content (AvgIpc) is 3.02. The van der Waals surface area contributed by atoms with Gasteiger partial charge in [0.2, 0.25) is 0 Å². The molecule has 4 rings (SSSR count). The molecule has 8 heteroatoms. The number of halogens is 1. The van der Waals surface area contributed by atoms with Crippen LogP contribution in [0.3, 0.4) is 0 Å². The zero-order valence-corrected chi connectivity index (χ0v) is 24.5. The lowest BCUT2D eigenvalue weighted by molar-refractivity contribution is -0.0563. The van der Waals surface area contributed by atoms with E-state index < -0.39 is 11.7 Å². The van der Waals surface area contributed by atoms with E-state index in [0.717, 1.165) is 41.5 Å². The van der Waals surface area contributed by atoms with Crippen molar-refractivity contribution in [2.75, 3.05) is 26.7 Å². The summed E-state index contributed by atoms with van der Waals surface area (Å²) in [5.41, 5.74) is 3.59. The van der Waals surface area contributed by atoms with Crippen molar-refractivity contribution in [3.63, 3.8) is 0 Å². The van der Waals surface area contributed by atoms with Crippen LogP contribution in [0.1, 0.15) is 59.7 Å². The van der Waals surface area contributed by atoms with Crippen molar-refractivity contribution in [3.05, 3.63) is 94.0 Å². The van der Waals surface area contributed by atoms with E-state index in [4.69, 9.17) is 16.3 Å². The summed E-state index contributed by atoms with van der Waals surface area (Å²) in [6.07, 6.45) is 2.69. The van der Waals surface area contributed by atoms with Crippen LogP contribution in [0.5, 0.6) is 0 Å². The number of aliphatic hydroxyl groups is 2. The maximum absolute atomic E-state index is 13.5. The molecular formula is C33H39ClN2O5. The Hall–Kier alpha value is -3.39. The molecule has 1 fully saturated rings. The first kappa shape index (κ1) is 30.6. The van der Waals surface area contributed by atoms with E-state index >= 15 is 0 Å². The van der Waals surface area contributed by atoms with Gasteiger partial charge in [0.1, 0.15) is 0 Å². The Labute approximate surface area is 247 Å². The number of hydrogen-bond acceptors (Lipinski definition) is 5. The molecule has 41 heavy (non-hydrogen) atoms. The zero-order valence-electron chi connectivity index (χ0n) is 23.7. The highest BCUT2D eigenvalue weighted by molar-refractivity contribution is 6.33. The van der Waals surface area contributed by atoms with Crippen molar-refractivity contribution in [2.45, 2.75) is 51.2 Å². The number of hydrogen-bond donors (Lipinski definition) is 3. The van der Waals surface area contributed by atoms with E-state index in [9.17, 15) is 19.8 Å². The lowest BCUT2D eigenvalue weighted by Crippen LogP contribution is -2.48. The van der Waals surface area contributed by atoms with E-state index in [1.54, 1.807) is 24.3 Å². The van der Waals surface area contributed by atoms with Crippen LogP contribution in [-0.4, -0.2) is 53.9 Å². The molecule has 3 N–H and O–H groups in total. The molecule has 0 radical (unpaired) electrons. The average molecular weight is 579 g/mol. The smallest absolute Gasteiger partial charge is 0.406 e. The minimum absolute atomic E-state index is 0.0821. The molecule has 0 unspecified atom stereocenters. The van der Waals surface area contributed by atoms with Crippen molar-refractivity contribution in [3.8, 4) is 11.1 Å². The molecule has 1 saturated heterocycles. The van der Waals surface area contributed by atoms with E-state index in [1.807, 2.05) is 35.2 Å². The largest absolute Gasteiger partial charge is 0.453 e. The van der Waals surface area contributed by atoms with Gasteiger partial charge in [-0.05, 0) is 72.6 Å². The molecule has 1 aliphatic rings. The van der Waals surface area contributed by atoms with Gasteiger partial charge in [0.05, 0.1) is 19.3 Å². The second-order valence-corrected chi connectivity index (χ2v) is 11.0. The lowest BCUT2D eigenvalue weighted by Gasteiger charge is -2.44. The van der Waals surface area contributed by atoms with Gasteiger partial charge >= 0.3 is 6.09 Å². The Kier molecular flexibility index (Phi) is 10.4. The first-order valence-electron chi connectivity index (χ1n) is 14.2. The minimum atomic E-state index is -1.32. The fourth-order valence-electron chi connectivity index (χ4n) is 5.79.